The number of aryl methyl sites for hydroxylation is 1. The van der Waals surface area contributed by atoms with Crippen molar-refractivity contribution < 1.29 is 9.66 Å². The van der Waals surface area contributed by atoms with E-state index in [1.54, 1.807) is 18.2 Å². The lowest BCUT2D eigenvalue weighted by Gasteiger charge is -2.14. The van der Waals surface area contributed by atoms with E-state index in [1.807, 2.05) is 32.2 Å². The summed E-state index contributed by atoms with van der Waals surface area (Å²) in [6.07, 6.45) is 0. The Morgan fingerprint density at radius 3 is 2.57 bits per heavy atom. The lowest BCUT2D eigenvalue weighted by molar-refractivity contribution is -0.385. The number of rotatable bonds is 6. The molecule has 5 heteroatoms. The highest BCUT2D eigenvalue weighted by Crippen LogP contribution is 2.26. The van der Waals surface area contributed by atoms with Crippen LogP contribution in [0, 0.1) is 17.0 Å². The number of hydrogen-bond donors (Lipinski definition) is 1. The molecule has 0 aliphatic heterocycles. The van der Waals surface area contributed by atoms with Crippen molar-refractivity contribution >= 4 is 5.69 Å². The molecule has 0 heterocycles. The van der Waals surface area contributed by atoms with Crippen molar-refractivity contribution in [1.82, 2.24) is 5.32 Å². The van der Waals surface area contributed by atoms with E-state index in [-0.39, 0.29) is 17.2 Å². The molecule has 1 N–H and O–H groups in total. The van der Waals surface area contributed by atoms with Crippen molar-refractivity contribution in [1.29, 1.82) is 0 Å². The molecule has 21 heavy (non-hydrogen) atoms. The molecule has 0 fully saturated rings. The van der Waals surface area contributed by atoms with Crippen LogP contribution in [0.25, 0.3) is 0 Å². The highest BCUT2D eigenvalue weighted by molar-refractivity contribution is 5.43. The lowest BCUT2D eigenvalue weighted by atomic mass is 10.1. The Morgan fingerprint density at radius 1 is 1.14 bits per heavy atom. The molecule has 0 unspecified atom stereocenters. The molecule has 0 aromatic heterocycles. The molecule has 2 rings (SSSR count). The molecule has 2 aromatic rings. The first kappa shape index (κ1) is 15.0. The molecular formula is C16H18N2O3. The second-order valence-electron chi connectivity index (χ2n) is 4.77. The number of ether oxygens (including phenoxy) is 1. The molecule has 0 atom stereocenters. The highest BCUT2D eigenvalue weighted by atomic mass is 16.6. The van der Waals surface area contributed by atoms with Crippen molar-refractivity contribution in [2.75, 3.05) is 7.05 Å². The molecule has 0 aliphatic carbocycles. The second-order valence-corrected chi connectivity index (χ2v) is 4.77. The third-order valence-electron chi connectivity index (χ3n) is 3.22. The summed E-state index contributed by atoms with van der Waals surface area (Å²) < 4.78 is 5.85. The van der Waals surface area contributed by atoms with E-state index in [0.717, 1.165) is 16.9 Å². The molecule has 0 aliphatic rings. The van der Waals surface area contributed by atoms with Crippen LogP contribution in [0.5, 0.6) is 5.75 Å². The fourth-order valence-electron chi connectivity index (χ4n) is 2.21. The van der Waals surface area contributed by atoms with Crippen LogP contribution in [-0.4, -0.2) is 12.0 Å². The Labute approximate surface area is 123 Å². The van der Waals surface area contributed by atoms with E-state index >= 15 is 0 Å². The molecule has 0 saturated heterocycles. The van der Waals surface area contributed by atoms with Crippen LogP contribution in [0.3, 0.4) is 0 Å². The van der Waals surface area contributed by atoms with Gasteiger partial charge in [-0.2, -0.15) is 0 Å². The minimum absolute atomic E-state index is 0.0845. The average molecular weight is 286 g/mol. The van der Waals surface area contributed by atoms with Crippen molar-refractivity contribution in [2.24, 2.45) is 0 Å². The predicted molar refractivity (Wildman–Crippen MR) is 81.4 cm³/mol. The van der Waals surface area contributed by atoms with E-state index in [2.05, 4.69) is 5.32 Å². The second kappa shape index (κ2) is 6.85. The van der Waals surface area contributed by atoms with Gasteiger partial charge in [-0.25, -0.2) is 0 Å². The Kier molecular flexibility index (Phi) is 4.90. The van der Waals surface area contributed by atoms with E-state index in [4.69, 9.17) is 4.74 Å². The van der Waals surface area contributed by atoms with Gasteiger partial charge in [-0.05, 0) is 25.6 Å². The van der Waals surface area contributed by atoms with Gasteiger partial charge in [0.15, 0.2) is 0 Å². The molecule has 110 valence electrons. The van der Waals surface area contributed by atoms with Gasteiger partial charge in [0.05, 0.1) is 10.5 Å². The van der Waals surface area contributed by atoms with Crippen molar-refractivity contribution in [3.8, 4) is 5.75 Å². The first-order valence-corrected chi connectivity index (χ1v) is 6.71. The van der Waals surface area contributed by atoms with Crippen molar-refractivity contribution in [3.63, 3.8) is 0 Å². The van der Waals surface area contributed by atoms with Crippen LogP contribution in [0.4, 0.5) is 5.69 Å². The Hall–Kier alpha value is -2.40. The van der Waals surface area contributed by atoms with Crippen LogP contribution < -0.4 is 10.1 Å². The number of nitrogens with zero attached hydrogens (tertiary/aromatic N) is 1. The normalized spacial score (nSPS) is 10.4. The maximum absolute atomic E-state index is 11.0. The van der Waals surface area contributed by atoms with Crippen molar-refractivity contribution in [3.05, 3.63) is 69.3 Å². The maximum atomic E-state index is 11.0. The van der Waals surface area contributed by atoms with E-state index < -0.39 is 0 Å². The number of para-hydroxylation sites is 2. The van der Waals surface area contributed by atoms with E-state index in [0.29, 0.717) is 12.1 Å². The van der Waals surface area contributed by atoms with Gasteiger partial charge in [0, 0.05) is 18.2 Å². The van der Waals surface area contributed by atoms with Gasteiger partial charge in [-0.1, -0.05) is 30.3 Å². The molecule has 2 aromatic carbocycles. The topological polar surface area (TPSA) is 64.4 Å². The Balaban J connectivity index is 2.23. The molecule has 0 bridgehead atoms. The number of hydrogen-bond acceptors (Lipinski definition) is 4. The Bertz CT molecular complexity index is 641. The summed E-state index contributed by atoms with van der Waals surface area (Å²) in [7, 11) is 1.87. The zero-order chi connectivity index (χ0) is 15.2. The first-order valence-electron chi connectivity index (χ1n) is 6.71. The zero-order valence-electron chi connectivity index (χ0n) is 12.1. The van der Waals surface area contributed by atoms with Crippen LogP contribution in [0.15, 0.2) is 42.5 Å². The van der Waals surface area contributed by atoms with Crippen molar-refractivity contribution in [2.45, 2.75) is 20.1 Å². The summed E-state index contributed by atoms with van der Waals surface area (Å²) in [6, 6.07) is 12.6. The first-order chi connectivity index (χ1) is 10.1. The molecule has 0 radical (unpaired) electrons. The standard InChI is InChI=1S/C16H18N2O3/c1-12-6-5-8-13(10-17-2)16(12)21-11-14-7-3-4-9-15(14)18(19)20/h3-9,17H,10-11H2,1-2H3. The summed E-state index contributed by atoms with van der Waals surface area (Å²) in [4.78, 5) is 10.6. The van der Waals surface area contributed by atoms with Gasteiger partial charge in [-0.3, -0.25) is 10.1 Å². The number of benzene rings is 2. The minimum Gasteiger partial charge on any atom is -0.488 e. The quantitative estimate of drug-likeness (QED) is 0.654. The molecule has 5 nitrogen and oxygen atoms in total. The van der Waals surface area contributed by atoms with Gasteiger partial charge < -0.3 is 10.1 Å². The third-order valence-corrected chi connectivity index (χ3v) is 3.22. The van der Waals surface area contributed by atoms with Crippen LogP contribution in [-0.2, 0) is 13.2 Å². The van der Waals surface area contributed by atoms with Crippen LogP contribution >= 0.6 is 0 Å². The fraction of sp³-hybridized carbons (Fsp3) is 0.250. The van der Waals surface area contributed by atoms with Gasteiger partial charge in [0.25, 0.3) is 5.69 Å². The summed E-state index contributed by atoms with van der Waals surface area (Å²) in [5, 5.41) is 14.1. The average Bonchev–Trinajstić information content (AvgIpc) is 2.47. The number of nitrogens with one attached hydrogen (secondary N) is 1. The maximum Gasteiger partial charge on any atom is 0.276 e. The predicted octanol–water partition coefficient (Wildman–Crippen LogP) is 3.20. The van der Waals surface area contributed by atoms with Gasteiger partial charge >= 0.3 is 0 Å². The highest BCUT2D eigenvalue weighted by Gasteiger charge is 2.14. The zero-order valence-corrected chi connectivity index (χ0v) is 12.1. The molecular weight excluding hydrogens is 268 g/mol. The molecule has 0 saturated carbocycles. The number of nitro groups is 1. The van der Waals surface area contributed by atoms with Gasteiger partial charge in [0.2, 0.25) is 0 Å². The summed E-state index contributed by atoms with van der Waals surface area (Å²) in [5.41, 5.74) is 2.71. The van der Waals surface area contributed by atoms with Gasteiger partial charge in [-0.15, -0.1) is 0 Å². The molecule has 0 spiro atoms. The monoisotopic (exact) mass is 286 g/mol. The minimum atomic E-state index is -0.384. The SMILES string of the molecule is CNCc1cccc(C)c1OCc1ccccc1[N+](=O)[O-]. The van der Waals surface area contributed by atoms with E-state index in [1.165, 1.54) is 6.07 Å². The van der Waals surface area contributed by atoms with E-state index in [9.17, 15) is 10.1 Å². The Morgan fingerprint density at radius 2 is 1.86 bits per heavy atom. The summed E-state index contributed by atoms with van der Waals surface area (Å²) >= 11 is 0. The van der Waals surface area contributed by atoms with Crippen LogP contribution in [0.1, 0.15) is 16.7 Å². The summed E-state index contributed by atoms with van der Waals surface area (Å²) in [6.45, 7) is 2.83. The molecule has 0 amide bonds. The largest absolute Gasteiger partial charge is 0.488 e. The smallest absolute Gasteiger partial charge is 0.276 e. The number of nitro benzene ring substituents is 1. The third kappa shape index (κ3) is 3.58. The van der Waals surface area contributed by atoms with Gasteiger partial charge in [0.1, 0.15) is 12.4 Å². The lowest BCUT2D eigenvalue weighted by Crippen LogP contribution is -2.09. The van der Waals surface area contributed by atoms with Crippen LogP contribution in [0.2, 0.25) is 0 Å². The summed E-state index contributed by atoms with van der Waals surface area (Å²) in [5.74, 6) is 0.782. The fourth-order valence-corrected chi connectivity index (χ4v) is 2.21.